The Hall–Kier alpha value is -4.31. The Morgan fingerprint density at radius 1 is 1.07 bits per heavy atom. The van der Waals surface area contributed by atoms with Crippen LogP contribution in [0.5, 0.6) is 23.0 Å². The lowest BCUT2D eigenvalue weighted by molar-refractivity contribution is 0.0696. The molecule has 0 atom stereocenters. The van der Waals surface area contributed by atoms with Gasteiger partial charge in [0.15, 0.2) is 6.29 Å². The van der Waals surface area contributed by atoms with Gasteiger partial charge in [-0.05, 0) is 48.0 Å². The molecule has 0 saturated heterocycles. The lowest BCUT2D eigenvalue weighted by Gasteiger charge is -2.13. The number of hydrogen-bond acceptors (Lipinski definition) is 6. The van der Waals surface area contributed by atoms with Gasteiger partial charge in [0, 0.05) is 0 Å². The zero-order chi connectivity index (χ0) is 21.5. The van der Waals surface area contributed by atoms with Crippen LogP contribution in [0.1, 0.15) is 31.8 Å². The van der Waals surface area contributed by atoms with E-state index in [4.69, 9.17) is 19.5 Å². The molecule has 3 aromatic carbocycles. The van der Waals surface area contributed by atoms with Gasteiger partial charge in [0.2, 0.25) is 0 Å². The van der Waals surface area contributed by atoms with E-state index in [0.717, 1.165) is 11.3 Å². The predicted molar refractivity (Wildman–Crippen MR) is 107 cm³/mol. The smallest absolute Gasteiger partial charge is 0.335 e. The summed E-state index contributed by atoms with van der Waals surface area (Å²) in [5.41, 5.74) is 1.09. The van der Waals surface area contributed by atoms with Crippen LogP contribution in [-0.4, -0.2) is 24.5 Å². The lowest BCUT2D eigenvalue weighted by atomic mass is 10.1. The maximum absolute atomic E-state index is 11.7. The van der Waals surface area contributed by atoms with Crippen LogP contribution in [0, 0.1) is 11.3 Å². The number of ether oxygens (including phenoxy) is 3. The number of carbonyl (C=O) groups is 2. The number of nitriles is 1. The van der Waals surface area contributed by atoms with Crippen molar-refractivity contribution in [2.75, 3.05) is 7.11 Å². The molecule has 0 radical (unpaired) electrons. The summed E-state index contributed by atoms with van der Waals surface area (Å²) < 4.78 is 16.6. The van der Waals surface area contributed by atoms with Gasteiger partial charge in [-0.2, -0.15) is 5.26 Å². The van der Waals surface area contributed by atoms with Crippen molar-refractivity contribution in [3.05, 3.63) is 82.9 Å². The third-order valence-electron chi connectivity index (χ3n) is 4.21. The minimum absolute atomic E-state index is 0.0939. The topological polar surface area (TPSA) is 106 Å². The first kappa shape index (κ1) is 20.4. The monoisotopic (exact) mass is 403 g/mol. The number of carboxylic acid groups (broad SMARTS) is 1. The van der Waals surface area contributed by atoms with Gasteiger partial charge in [-0.15, -0.1) is 0 Å². The highest BCUT2D eigenvalue weighted by molar-refractivity contribution is 5.89. The molecule has 0 spiro atoms. The molecule has 0 aliphatic heterocycles. The number of rotatable bonds is 8. The van der Waals surface area contributed by atoms with E-state index in [1.165, 1.54) is 18.2 Å². The van der Waals surface area contributed by atoms with Crippen molar-refractivity contribution in [1.29, 1.82) is 5.26 Å². The first-order valence-corrected chi connectivity index (χ1v) is 8.84. The fourth-order valence-corrected chi connectivity index (χ4v) is 2.71. The van der Waals surface area contributed by atoms with Crippen molar-refractivity contribution in [2.24, 2.45) is 0 Å². The second-order valence-corrected chi connectivity index (χ2v) is 6.19. The molecule has 1 N–H and O–H groups in total. The average molecular weight is 403 g/mol. The summed E-state index contributed by atoms with van der Waals surface area (Å²) in [6.45, 7) is 0.224. The summed E-state index contributed by atoms with van der Waals surface area (Å²) in [4.78, 5) is 23.0. The highest BCUT2D eigenvalue weighted by Gasteiger charge is 2.14. The molecule has 3 rings (SSSR count). The molecule has 0 saturated carbocycles. The molecule has 0 amide bonds. The normalized spacial score (nSPS) is 10.0. The zero-order valence-corrected chi connectivity index (χ0v) is 16.0. The van der Waals surface area contributed by atoms with Crippen LogP contribution in [0.15, 0.2) is 60.7 Å². The number of nitrogens with zero attached hydrogens (tertiary/aromatic N) is 1. The second kappa shape index (κ2) is 9.26. The SMILES string of the molecule is COc1ccc(COc2cccc(Oc3cc(C#N)cc(C(=O)O)c3)c2C=O)cc1. The summed E-state index contributed by atoms with van der Waals surface area (Å²) in [5.74, 6) is 0.158. The quantitative estimate of drug-likeness (QED) is 0.554. The maximum Gasteiger partial charge on any atom is 0.335 e. The van der Waals surface area contributed by atoms with Crippen LogP contribution in [0.3, 0.4) is 0 Å². The van der Waals surface area contributed by atoms with Gasteiger partial charge in [0.05, 0.1) is 29.9 Å². The minimum Gasteiger partial charge on any atom is -0.497 e. The number of benzene rings is 3. The molecule has 0 aromatic heterocycles. The molecule has 3 aromatic rings. The van der Waals surface area contributed by atoms with Crippen molar-refractivity contribution in [1.82, 2.24) is 0 Å². The van der Waals surface area contributed by atoms with Crippen molar-refractivity contribution in [3.8, 4) is 29.1 Å². The van der Waals surface area contributed by atoms with Crippen LogP contribution in [0.25, 0.3) is 0 Å². The summed E-state index contributed by atoms with van der Waals surface area (Å²) >= 11 is 0. The number of aldehydes is 1. The summed E-state index contributed by atoms with van der Waals surface area (Å²) in [5, 5.41) is 18.3. The number of methoxy groups -OCH3 is 1. The van der Waals surface area contributed by atoms with Gasteiger partial charge < -0.3 is 19.3 Å². The number of carboxylic acids is 1. The van der Waals surface area contributed by atoms with Crippen molar-refractivity contribution in [3.63, 3.8) is 0 Å². The molecule has 150 valence electrons. The molecule has 7 heteroatoms. The predicted octanol–water partition coefficient (Wildman–Crippen LogP) is 4.45. The van der Waals surface area contributed by atoms with Crippen LogP contribution in [0.2, 0.25) is 0 Å². The van der Waals surface area contributed by atoms with Crippen LogP contribution < -0.4 is 14.2 Å². The fraction of sp³-hybridized carbons (Fsp3) is 0.0870. The maximum atomic E-state index is 11.7. The van der Waals surface area contributed by atoms with E-state index >= 15 is 0 Å². The largest absolute Gasteiger partial charge is 0.497 e. The Bertz CT molecular complexity index is 1120. The molecular weight excluding hydrogens is 386 g/mol. The van der Waals surface area contributed by atoms with Gasteiger partial charge in [-0.25, -0.2) is 4.79 Å². The Morgan fingerprint density at radius 2 is 1.80 bits per heavy atom. The summed E-state index contributed by atoms with van der Waals surface area (Å²) in [6.07, 6.45) is 0.602. The van der Waals surface area contributed by atoms with Gasteiger partial charge in [0.1, 0.15) is 29.6 Å². The first-order valence-electron chi connectivity index (χ1n) is 8.84. The molecule has 0 aliphatic carbocycles. The summed E-state index contributed by atoms with van der Waals surface area (Å²) in [7, 11) is 1.58. The van der Waals surface area contributed by atoms with Gasteiger partial charge in [-0.3, -0.25) is 4.79 Å². The van der Waals surface area contributed by atoms with E-state index in [0.29, 0.717) is 12.0 Å². The molecule has 30 heavy (non-hydrogen) atoms. The molecule has 0 aliphatic rings. The zero-order valence-electron chi connectivity index (χ0n) is 16.0. The second-order valence-electron chi connectivity index (χ2n) is 6.19. The Labute approximate surface area is 172 Å². The fourth-order valence-electron chi connectivity index (χ4n) is 2.71. The highest BCUT2D eigenvalue weighted by Crippen LogP contribution is 2.32. The first-order chi connectivity index (χ1) is 14.5. The third kappa shape index (κ3) is 4.75. The van der Waals surface area contributed by atoms with E-state index in [1.54, 1.807) is 37.4 Å². The van der Waals surface area contributed by atoms with Gasteiger partial charge in [-0.1, -0.05) is 18.2 Å². The van der Waals surface area contributed by atoms with E-state index in [9.17, 15) is 14.7 Å². The van der Waals surface area contributed by atoms with Crippen molar-refractivity contribution >= 4 is 12.3 Å². The Morgan fingerprint density at radius 3 is 2.43 bits per heavy atom. The van der Waals surface area contributed by atoms with E-state index < -0.39 is 5.97 Å². The van der Waals surface area contributed by atoms with E-state index in [2.05, 4.69) is 0 Å². The Balaban J connectivity index is 1.85. The summed E-state index contributed by atoms with van der Waals surface area (Å²) in [6, 6.07) is 18.0. The molecule has 0 heterocycles. The minimum atomic E-state index is -1.19. The van der Waals surface area contributed by atoms with Crippen molar-refractivity contribution < 1.29 is 28.9 Å². The highest BCUT2D eigenvalue weighted by atomic mass is 16.5. The molecule has 0 fully saturated rings. The number of carbonyl (C=O) groups excluding carboxylic acids is 1. The molecule has 0 unspecified atom stereocenters. The molecule has 0 bridgehead atoms. The van der Waals surface area contributed by atoms with Crippen LogP contribution >= 0.6 is 0 Å². The van der Waals surface area contributed by atoms with Crippen molar-refractivity contribution in [2.45, 2.75) is 6.61 Å². The standard InChI is InChI=1S/C23H17NO6/c1-28-18-7-5-15(6-8-18)14-29-21-3-2-4-22(20(21)13-25)30-19-10-16(12-24)9-17(11-19)23(26)27/h2-11,13H,14H2,1H3,(H,26,27). The van der Waals surface area contributed by atoms with E-state index in [1.807, 2.05) is 18.2 Å². The van der Waals surface area contributed by atoms with Crippen LogP contribution in [-0.2, 0) is 6.61 Å². The van der Waals surface area contributed by atoms with Gasteiger partial charge >= 0.3 is 5.97 Å². The molecular formula is C23H17NO6. The number of aromatic carboxylic acids is 1. The third-order valence-corrected chi connectivity index (χ3v) is 4.21. The average Bonchev–Trinajstić information content (AvgIpc) is 2.77. The number of hydrogen-bond donors (Lipinski definition) is 1. The van der Waals surface area contributed by atoms with Gasteiger partial charge in [0.25, 0.3) is 0 Å². The Kier molecular flexibility index (Phi) is 6.30. The lowest BCUT2D eigenvalue weighted by Crippen LogP contribution is -2.01. The van der Waals surface area contributed by atoms with E-state index in [-0.39, 0.29) is 34.8 Å². The molecule has 7 nitrogen and oxygen atoms in total. The van der Waals surface area contributed by atoms with Crippen LogP contribution in [0.4, 0.5) is 0 Å².